The lowest BCUT2D eigenvalue weighted by molar-refractivity contribution is 0.478. The van der Waals surface area contributed by atoms with Crippen LogP contribution in [0.15, 0.2) is 16.7 Å². The third kappa shape index (κ3) is 1.53. The van der Waals surface area contributed by atoms with Gasteiger partial charge in [0.15, 0.2) is 0 Å². The molecule has 2 N–H and O–H groups in total. The summed E-state index contributed by atoms with van der Waals surface area (Å²) in [5, 5.41) is 0. The second-order valence-electron chi connectivity index (χ2n) is 3.89. The Morgan fingerprint density at radius 1 is 1.58 bits per heavy atom. The molecule has 2 nitrogen and oxygen atoms in total. The molecule has 1 aromatic rings. The third-order valence-electron chi connectivity index (χ3n) is 2.71. The Bertz CT molecular complexity index is 273. The van der Waals surface area contributed by atoms with Gasteiger partial charge in [0, 0.05) is 12.0 Å². The topological polar surface area (TPSA) is 39.2 Å². The van der Waals surface area contributed by atoms with Crippen molar-refractivity contribution in [2.45, 2.75) is 38.1 Å². The van der Waals surface area contributed by atoms with Crippen molar-refractivity contribution in [1.29, 1.82) is 0 Å². The Labute approximate surface area is 72.7 Å². The molecule has 2 heteroatoms. The molecule has 0 radical (unpaired) electrons. The first-order valence-electron chi connectivity index (χ1n) is 4.51. The first kappa shape index (κ1) is 7.87. The summed E-state index contributed by atoms with van der Waals surface area (Å²) in [5.41, 5.74) is 7.37. The molecule has 0 aromatic carbocycles. The SMILES string of the molecule is Cc1ccoc1CCC1(N)CC1. The van der Waals surface area contributed by atoms with Crippen molar-refractivity contribution in [2.24, 2.45) is 5.73 Å². The van der Waals surface area contributed by atoms with Crippen LogP contribution in [0.1, 0.15) is 30.6 Å². The average Bonchev–Trinajstić information content (AvgIpc) is 2.61. The predicted molar refractivity (Wildman–Crippen MR) is 47.9 cm³/mol. The van der Waals surface area contributed by atoms with Crippen LogP contribution in [0.25, 0.3) is 0 Å². The highest BCUT2D eigenvalue weighted by molar-refractivity contribution is 5.15. The number of furan rings is 1. The first-order valence-corrected chi connectivity index (χ1v) is 4.51. The minimum atomic E-state index is 0.152. The van der Waals surface area contributed by atoms with E-state index in [1.165, 1.54) is 18.4 Å². The van der Waals surface area contributed by atoms with Crippen molar-refractivity contribution in [1.82, 2.24) is 0 Å². The van der Waals surface area contributed by atoms with E-state index in [9.17, 15) is 0 Å². The molecule has 0 aliphatic heterocycles. The summed E-state index contributed by atoms with van der Waals surface area (Å²) in [6.45, 7) is 2.08. The summed E-state index contributed by atoms with van der Waals surface area (Å²) < 4.78 is 5.33. The van der Waals surface area contributed by atoms with E-state index in [0.29, 0.717) is 0 Å². The van der Waals surface area contributed by atoms with Gasteiger partial charge in [0.1, 0.15) is 5.76 Å². The van der Waals surface area contributed by atoms with Crippen molar-refractivity contribution in [2.75, 3.05) is 0 Å². The molecule has 1 aliphatic carbocycles. The molecule has 1 aliphatic rings. The van der Waals surface area contributed by atoms with Gasteiger partial charge in [-0.3, -0.25) is 0 Å². The third-order valence-corrected chi connectivity index (χ3v) is 2.71. The van der Waals surface area contributed by atoms with Gasteiger partial charge in [-0.25, -0.2) is 0 Å². The highest BCUT2D eigenvalue weighted by atomic mass is 16.3. The first-order chi connectivity index (χ1) is 5.70. The summed E-state index contributed by atoms with van der Waals surface area (Å²) in [6, 6.07) is 2.01. The van der Waals surface area contributed by atoms with E-state index in [-0.39, 0.29) is 5.54 Å². The molecule has 0 atom stereocenters. The molecule has 66 valence electrons. The fraction of sp³-hybridized carbons (Fsp3) is 0.600. The molecule has 0 unspecified atom stereocenters. The van der Waals surface area contributed by atoms with Crippen molar-refractivity contribution in [3.63, 3.8) is 0 Å². The second-order valence-corrected chi connectivity index (χ2v) is 3.89. The smallest absolute Gasteiger partial charge is 0.106 e. The molecular formula is C10H15NO. The maximum absolute atomic E-state index is 5.97. The van der Waals surface area contributed by atoms with Gasteiger partial charge in [0.25, 0.3) is 0 Å². The zero-order valence-electron chi connectivity index (χ0n) is 7.47. The van der Waals surface area contributed by atoms with Crippen LogP contribution >= 0.6 is 0 Å². The zero-order valence-corrected chi connectivity index (χ0v) is 7.47. The van der Waals surface area contributed by atoms with E-state index in [1.807, 2.05) is 6.07 Å². The maximum Gasteiger partial charge on any atom is 0.106 e. The van der Waals surface area contributed by atoms with Gasteiger partial charge >= 0.3 is 0 Å². The lowest BCUT2D eigenvalue weighted by Crippen LogP contribution is -2.22. The van der Waals surface area contributed by atoms with Crippen LogP contribution in [0.3, 0.4) is 0 Å². The fourth-order valence-corrected chi connectivity index (χ4v) is 1.43. The van der Waals surface area contributed by atoms with Crippen LogP contribution in [-0.4, -0.2) is 5.54 Å². The lowest BCUT2D eigenvalue weighted by atomic mass is 10.1. The highest BCUT2D eigenvalue weighted by Crippen LogP contribution is 2.36. The van der Waals surface area contributed by atoms with Gasteiger partial charge in [-0.15, -0.1) is 0 Å². The minimum Gasteiger partial charge on any atom is -0.469 e. The number of rotatable bonds is 3. The second kappa shape index (κ2) is 2.63. The average molecular weight is 165 g/mol. The Balaban J connectivity index is 1.91. The number of hydrogen-bond acceptors (Lipinski definition) is 2. The van der Waals surface area contributed by atoms with Crippen LogP contribution in [0, 0.1) is 6.92 Å². The standard InChI is InChI=1S/C10H15NO/c1-8-3-7-12-9(8)2-4-10(11)5-6-10/h3,7H,2,4-6,11H2,1H3. The lowest BCUT2D eigenvalue weighted by Gasteiger charge is -2.06. The Morgan fingerprint density at radius 2 is 2.33 bits per heavy atom. The Hall–Kier alpha value is -0.760. The summed E-state index contributed by atoms with van der Waals surface area (Å²) >= 11 is 0. The molecule has 12 heavy (non-hydrogen) atoms. The molecule has 2 rings (SSSR count). The summed E-state index contributed by atoms with van der Waals surface area (Å²) in [4.78, 5) is 0. The van der Waals surface area contributed by atoms with Crippen molar-refractivity contribution in [3.8, 4) is 0 Å². The number of nitrogens with two attached hydrogens (primary N) is 1. The maximum atomic E-state index is 5.97. The molecule has 0 bridgehead atoms. The van der Waals surface area contributed by atoms with E-state index in [1.54, 1.807) is 6.26 Å². The van der Waals surface area contributed by atoms with Crippen LogP contribution in [0.5, 0.6) is 0 Å². The monoisotopic (exact) mass is 165 g/mol. The quantitative estimate of drug-likeness (QED) is 0.744. The van der Waals surface area contributed by atoms with Crippen LogP contribution in [0.2, 0.25) is 0 Å². The summed E-state index contributed by atoms with van der Waals surface area (Å²) in [5.74, 6) is 1.10. The molecule has 0 amide bonds. The van der Waals surface area contributed by atoms with Crippen LogP contribution in [0.4, 0.5) is 0 Å². The van der Waals surface area contributed by atoms with Crippen molar-refractivity contribution >= 4 is 0 Å². The molecule has 1 aromatic heterocycles. The van der Waals surface area contributed by atoms with E-state index < -0.39 is 0 Å². The van der Waals surface area contributed by atoms with Gasteiger partial charge in [-0.2, -0.15) is 0 Å². The molecule has 0 saturated heterocycles. The van der Waals surface area contributed by atoms with Crippen LogP contribution in [-0.2, 0) is 6.42 Å². The van der Waals surface area contributed by atoms with Crippen LogP contribution < -0.4 is 5.73 Å². The normalized spacial score (nSPS) is 19.5. The highest BCUT2D eigenvalue weighted by Gasteiger charge is 2.37. The Kier molecular flexibility index (Phi) is 1.72. The van der Waals surface area contributed by atoms with E-state index in [2.05, 4.69) is 6.92 Å². The van der Waals surface area contributed by atoms with Gasteiger partial charge in [0.2, 0.25) is 0 Å². The number of hydrogen-bond donors (Lipinski definition) is 1. The van der Waals surface area contributed by atoms with Crippen molar-refractivity contribution < 1.29 is 4.42 Å². The molecular weight excluding hydrogens is 150 g/mol. The van der Waals surface area contributed by atoms with E-state index >= 15 is 0 Å². The van der Waals surface area contributed by atoms with Gasteiger partial charge in [-0.1, -0.05) is 0 Å². The largest absolute Gasteiger partial charge is 0.469 e. The van der Waals surface area contributed by atoms with Gasteiger partial charge < -0.3 is 10.2 Å². The molecule has 1 fully saturated rings. The van der Waals surface area contributed by atoms with Crippen molar-refractivity contribution in [3.05, 3.63) is 23.7 Å². The molecule has 1 saturated carbocycles. The molecule has 0 spiro atoms. The molecule has 1 heterocycles. The summed E-state index contributed by atoms with van der Waals surface area (Å²) in [7, 11) is 0. The predicted octanol–water partition coefficient (Wildman–Crippen LogP) is 2.01. The van der Waals surface area contributed by atoms with E-state index in [0.717, 1.165) is 18.6 Å². The van der Waals surface area contributed by atoms with Gasteiger partial charge in [0.05, 0.1) is 6.26 Å². The Morgan fingerprint density at radius 3 is 2.83 bits per heavy atom. The zero-order chi connectivity index (χ0) is 8.60. The fourth-order valence-electron chi connectivity index (χ4n) is 1.43. The summed E-state index contributed by atoms with van der Waals surface area (Å²) in [6.07, 6.45) is 6.19. The minimum absolute atomic E-state index is 0.152. The number of aryl methyl sites for hydroxylation is 2. The van der Waals surface area contributed by atoms with Gasteiger partial charge in [-0.05, 0) is 37.8 Å². The van der Waals surface area contributed by atoms with E-state index in [4.69, 9.17) is 10.2 Å².